The maximum absolute atomic E-state index is 12.4. The Kier molecular flexibility index (Phi) is 6.86. The van der Waals surface area contributed by atoms with Crippen LogP contribution in [0.25, 0.3) is 5.69 Å². The molecule has 0 aliphatic heterocycles. The number of alkyl halides is 3. The van der Waals surface area contributed by atoms with E-state index < -0.39 is 6.36 Å². The van der Waals surface area contributed by atoms with E-state index in [9.17, 15) is 18.0 Å². The first-order chi connectivity index (χ1) is 15.2. The summed E-state index contributed by atoms with van der Waals surface area (Å²) in [7, 11) is 0. The Balaban J connectivity index is 1.94. The van der Waals surface area contributed by atoms with Crippen LogP contribution in [0.5, 0.6) is 17.2 Å². The number of hydrogen-bond acceptors (Lipinski definition) is 7. The monoisotopic (exact) mass is 450 g/mol. The van der Waals surface area contributed by atoms with Gasteiger partial charge in [0.1, 0.15) is 17.2 Å². The van der Waals surface area contributed by atoms with Crippen LogP contribution in [0.4, 0.5) is 24.7 Å². The average molecular weight is 450 g/mol. The second-order valence-corrected chi connectivity index (χ2v) is 6.43. The van der Waals surface area contributed by atoms with Crippen molar-refractivity contribution in [2.45, 2.75) is 27.1 Å². The van der Waals surface area contributed by atoms with E-state index in [2.05, 4.69) is 20.3 Å². The SMILES string of the molecule is CCOc1ccc(OCC)c(Nc2nn(-c3ccc(OC(F)(F)F)cc3)nc2C(C)=O)c1. The van der Waals surface area contributed by atoms with Crippen LogP contribution in [0, 0.1) is 0 Å². The zero-order valence-corrected chi connectivity index (χ0v) is 17.6. The van der Waals surface area contributed by atoms with Crippen molar-refractivity contribution < 1.29 is 32.2 Å². The molecule has 0 bridgehead atoms. The van der Waals surface area contributed by atoms with Gasteiger partial charge in [-0.25, -0.2) is 0 Å². The summed E-state index contributed by atoms with van der Waals surface area (Å²) < 4.78 is 52.1. The molecule has 0 unspecified atom stereocenters. The van der Waals surface area contributed by atoms with Gasteiger partial charge >= 0.3 is 6.36 Å². The molecule has 0 fully saturated rings. The minimum absolute atomic E-state index is 0.0462. The molecule has 0 saturated carbocycles. The summed E-state index contributed by atoms with van der Waals surface area (Å²) in [5, 5.41) is 11.5. The molecule has 1 heterocycles. The summed E-state index contributed by atoms with van der Waals surface area (Å²) in [5.41, 5.74) is 0.898. The fourth-order valence-corrected chi connectivity index (χ4v) is 2.80. The molecular formula is C21H21F3N4O4. The molecule has 11 heteroatoms. The molecule has 0 amide bonds. The van der Waals surface area contributed by atoms with Gasteiger partial charge in [0.15, 0.2) is 17.3 Å². The smallest absolute Gasteiger partial charge is 0.494 e. The Hall–Kier alpha value is -3.76. The molecule has 32 heavy (non-hydrogen) atoms. The zero-order valence-electron chi connectivity index (χ0n) is 17.6. The molecule has 1 N–H and O–H groups in total. The van der Waals surface area contributed by atoms with E-state index in [0.29, 0.717) is 36.1 Å². The third-order valence-corrected chi connectivity index (χ3v) is 4.06. The highest BCUT2D eigenvalue weighted by atomic mass is 19.4. The van der Waals surface area contributed by atoms with Gasteiger partial charge in [0.05, 0.1) is 24.6 Å². The largest absolute Gasteiger partial charge is 0.573 e. The summed E-state index contributed by atoms with van der Waals surface area (Å²) in [4.78, 5) is 13.3. The topological polar surface area (TPSA) is 87.5 Å². The first kappa shape index (κ1) is 22.9. The van der Waals surface area contributed by atoms with Crippen molar-refractivity contribution in [1.29, 1.82) is 0 Å². The van der Waals surface area contributed by atoms with Crippen molar-refractivity contribution in [2.24, 2.45) is 0 Å². The molecule has 170 valence electrons. The lowest BCUT2D eigenvalue weighted by atomic mass is 10.2. The lowest BCUT2D eigenvalue weighted by Gasteiger charge is -2.13. The molecule has 0 aliphatic rings. The van der Waals surface area contributed by atoms with Crippen LogP contribution in [0.1, 0.15) is 31.3 Å². The van der Waals surface area contributed by atoms with Crippen LogP contribution in [0.2, 0.25) is 0 Å². The summed E-state index contributed by atoms with van der Waals surface area (Å²) in [6.07, 6.45) is -4.79. The molecule has 8 nitrogen and oxygen atoms in total. The second kappa shape index (κ2) is 9.58. The van der Waals surface area contributed by atoms with Gasteiger partial charge in [0.25, 0.3) is 0 Å². The molecule has 0 saturated heterocycles. The number of carbonyl (C=O) groups is 1. The number of Topliss-reactive ketones (excluding diaryl/α,β-unsaturated/α-hetero) is 1. The van der Waals surface area contributed by atoms with Crippen LogP contribution < -0.4 is 19.5 Å². The summed E-state index contributed by atoms with van der Waals surface area (Å²) in [6, 6.07) is 10.1. The number of nitrogens with zero attached hydrogens (tertiary/aromatic N) is 3. The van der Waals surface area contributed by atoms with Crippen molar-refractivity contribution in [1.82, 2.24) is 15.0 Å². The Bertz CT molecular complexity index is 1080. The molecule has 2 aromatic carbocycles. The fraction of sp³-hybridized carbons (Fsp3) is 0.286. The van der Waals surface area contributed by atoms with E-state index in [-0.39, 0.29) is 23.0 Å². The maximum Gasteiger partial charge on any atom is 0.573 e. The number of ketones is 1. The number of hydrogen-bond donors (Lipinski definition) is 1. The molecular weight excluding hydrogens is 429 g/mol. The van der Waals surface area contributed by atoms with Gasteiger partial charge in [-0.1, -0.05) is 0 Å². The normalized spacial score (nSPS) is 11.2. The van der Waals surface area contributed by atoms with Crippen LogP contribution in [0.3, 0.4) is 0 Å². The zero-order chi connectivity index (χ0) is 23.3. The third-order valence-electron chi connectivity index (χ3n) is 4.06. The van der Waals surface area contributed by atoms with Gasteiger partial charge in [-0.05, 0) is 50.2 Å². The Morgan fingerprint density at radius 1 is 1.00 bits per heavy atom. The van der Waals surface area contributed by atoms with Gasteiger partial charge in [-0.15, -0.1) is 28.2 Å². The van der Waals surface area contributed by atoms with Gasteiger partial charge in [0.2, 0.25) is 0 Å². The summed E-state index contributed by atoms with van der Waals surface area (Å²) >= 11 is 0. The van der Waals surface area contributed by atoms with Gasteiger partial charge in [0, 0.05) is 13.0 Å². The van der Waals surface area contributed by atoms with E-state index in [0.717, 1.165) is 16.9 Å². The van der Waals surface area contributed by atoms with E-state index in [1.165, 1.54) is 19.1 Å². The quantitative estimate of drug-likeness (QED) is 0.464. The average Bonchev–Trinajstić information content (AvgIpc) is 3.14. The minimum atomic E-state index is -4.79. The Morgan fingerprint density at radius 3 is 2.25 bits per heavy atom. The number of benzene rings is 2. The molecule has 0 radical (unpaired) electrons. The van der Waals surface area contributed by atoms with E-state index in [4.69, 9.17) is 9.47 Å². The highest BCUT2D eigenvalue weighted by molar-refractivity contribution is 5.97. The van der Waals surface area contributed by atoms with Gasteiger partial charge < -0.3 is 19.5 Å². The predicted octanol–water partition coefficient (Wildman–Crippen LogP) is 4.91. The summed E-state index contributed by atoms with van der Waals surface area (Å²) in [5.74, 6) is 0.536. The Labute approximate surface area is 181 Å². The fourth-order valence-electron chi connectivity index (χ4n) is 2.80. The highest BCUT2D eigenvalue weighted by Gasteiger charge is 2.31. The highest BCUT2D eigenvalue weighted by Crippen LogP contribution is 2.32. The number of halogens is 3. The molecule has 0 aliphatic carbocycles. The standard InChI is InChI=1S/C21H21F3N4O4/c1-4-30-16-10-11-18(31-5-2)17(12-16)25-20-19(13(3)29)26-28(27-20)14-6-8-15(9-7-14)32-21(22,23)24/h6-12H,4-5H2,1-3H3,(H,25,27). The summed E-state index contributed by atoms with van der Waals surface area (Å²) in [6.45, 7) is 5.91. The van der Waals surface area contributed by atoms with Crippen molar-refractivity contribution >= 4 is 17.3 Å². The number of aromatic nitrogens is 3. The number of nitrogens with one attached hydrogen (secondary N) is 1. The van der Waals surface area contributed by atoms with Crippen LogP contribution in [-0.4, -0.2) is 40.4 Å². The second-order valence-electron chi connectivity index (χ2n) is 6.43. The lowest BCUT2D eigenvalue weighted by Crippen LogP contribution is -2.17. The van der Waals surface area contributed by atoms with E-state index in [1.807, 2.05) is 13.8 Å². The van der Waals surface area contributed by atoms with Crippen molar-refractivity contribution in [3.8, 4) is 22.9 Å². The minimum Gasteiger partial charge on any atom is -0.494 e. The predicted molar refractivity (Wildman–Crippen MR) is 110 cm³/mol. The van der Waals surface area contributed by atoms with Crippen LogP contribution in [0.15, 0.2) is 42.5 Å². The van der Waals surface area contributed by atoms with Crippen LogP contribution >= 0.6 is 0 Å². The van der Waals surface area contributed by atoms with E-state index >= 15 is 0 Å². The molecule has 3 rings (SSSR count). The molecule has 1 aromatic heterocycles. The molecule has 0 spiro atoms. The Morgan fingerprint density at radius 2 is 1.66 bits per heavy atom. The number of rotatable bonds is 9. The van der Waals surface area contributed by atoms with Crippen molar-refractivity contribution in [2.75, 3.05) is 18.5 Å². The van der Waals surface area contributed by atoms with Gasteiger partial charge in [-0.2, -0.15) is 0 Å². The van der Waals surface area contributed by atoms with Crippen molar-refractivity contribution in [3.05, 3.63) is 48.2 Å². The van der Waals surface area contributed by atoms with Crippen molar-refractivity contribution in [3.63, 3.8) is 0 Å². The van der Waals surface area contributed by atoms with Crippen LogP contribution in [-0.2, 0) is 0 Å². The number of anilines is 2. The first-order valence-electron chi connectivity index (χ1n) is 9.71. The third kappa shape index (κ3) is 5.68. The van der Waals surface area contributed by atoms with E-state index in [1.54, 1.807) is 18.2 Å². The lowest BCUT2D eigenvalue weighted by molar-refractivity contribution is -0.274. The number of ether oxygens (including phenoxy) is 3. The number of carbonyl (C=O) groups excluding carboxylic acids is 1. The first-order valence-corrected chi connectivity index (χ1v) is 9.71. The van der Waals surface area contributed by atoms with Gasteiger partial charge in [-0.3, -0.25) is 4.79 Å². The maximum atomic E-state index is 12.4. The molecule has 3 aromatic rings. The molecule has 0 atom stereocenters.